The quantitative estimate of drug-likeness (QED) is 0.906. The molecule has 1 aliphatic rings. The normalized spacial score (nSPS) is 23.0. The van der Waals surface area contributed by atoms with Crippen molar-refractivity contribution < 1.29 is 4.79 Å². The number of nitrogens with one attached hydrogen (secondary N) is 1. The Morgan fingerprint density at radius 2 is 2.33 bits per heavy atom. The second kappa shape index (κ2) is 5.15. The number of primary amides is 1. The first-order chi connectivity index (χ1) is 10.1. The Morgan fingerprint density at radius 3 is 3.05 bits per heavy atom. The largest absolute Gasteiger partial charge is 0.366 e. The molecule has 0 spiro atoms. The number of hydrogen-bond donors (Lipinski definition) is 2. The average Bonchev–Trinajstić information content (AvgIpc) is 3.04. The minimum atomic E-state index is -0.430. The summed E-state index contributed by atoms with van der Waals surface area (Å²) in [7, 11) is 0. The number of aromatic nitrogens is 2. The van der Waals surface area contributed by atoms with Crippen LogP contribution in [0.3, 0.4) is 0 Å². The molecule has 1 saturated heterocycles. The van der Waals surface area contributed by atoms with Gasteiger partial charge in [0.2, 0.25) is 0 Å². The maximum Gasteiger partial charge on any atom is 0.250 e. The van der Waals surface area contributed by atoms with Crippen molar-refractivity contribution in [3.8, 4) is 0 Å². The summed E-state index contributed by atoms with van der Waals surface area (Å²) in [4.78, 5) is 22.2. The van der Waals surface area contributed by atoms with Gasteiger partial charge in [0.15, 0.2) is 0 Å². The first-order valence-corrected chi connectivity index (χ1v) is 7.60. The molecule has 1 amide bonds. The summed E-state index contributed by atoms with van der Waals surface area (Å²) < 4.78 is 0. The number of rotatable bonds is 4. The predicted octanol–water partition coefficient (Wildman–Crippen LogP) is 2.38. The van der Waals surface area contributed by atoms with Crippen LogP contribution in [0.1, 0.15) is 49.3 Å². The molecule has 3 rings (SSSR count). The van der Waals surface area contributed by atoms with Crippen molar-refractivity contribution in [2.24, 2.45) is 5.73 Å². The first kappa shape index (κ1) is 14.1. The molecular formula is C16H22N4O. The molecule has 0 radical (unpaired) electrons. The van der Waals surface area contributed by atoms with Crippen LogP contribution >= 0.6 is 0 Å². The van der Waals surface area contributed by atoms with Crippen LogP contribution in [-0.2, 0) is 5.54 Å². The van der Waals surface area contributed by atoms with Crippen LogP contribution in [0.4, 0.5) is 0 Å². The number of carbonyl (C=O) groups excluding carboxylic acids is 1. The average molecular weight is 286 g/mol. The summed E-state index contributed by atoms with van der Waals surface area (Å²) in [5.41, 5.74) is 7.42. The van der Waals surface area contributed by atoms with E-state index >= 15 is 0 Å². The van der Waals surface area contributed by atoms with Crippen LogP contribution in [0.15, 0.2) is 18.2 Å². The van der Waals surface area contributed by atoms with E-state index in [9.17, 15) is 4.79 Å². The molecule has 1 aromatic carbocycles. The van der Waals surface area contributed by atoms with Crippen molar-refractivity contribution in [3.05, 3.63) is 29.6 Å². The Balaban J connectivity index is 2.09. The van der Waals surface area contributed by atoms with Gasteiger partial charge in [-0.15, -0.1) is 0 Å². The second-order valence-electron chi connectivity index (χ2n) is 6.02. The molecule has 1 unspecified atom stereocenters. The van der Waals surface area contributed by atoms with Crippen molar-refractivity contribution in [1.82, 2.24) is 14.9 Å². The van der Waals surface area contributed by atoms with Gasteiger partial charge >= 0.3 is 0 Å². The van der Waals surface area contributed by atoms with Crippen molar-refractivity contribution in [1.29, 1.82) is 0 Å². The highest BCUT2D eigenvalue weighted by Gasteiger charge is 2.40. The number of H-pyrrole nitrogens is 1. The smallest absolute Gasteiger partial charge is 0.250 e. The summed E-state index contributed by atoms with van der Waals surface area (Å²) in [6, 6.07) is 5.52. The molecule has 1 aliphatic heterocycles. The van der Waals surface area contributed by atoms with E-state index < -0.39 is 5.91 Å². The van der Waals surface area contributed by atoms with Gasteiger partial charge in [0.05, 0.1) is 16.6 Å². The third kappa shape index (κ3) is 2.21. The van der Waals surface area contributed by atoms with E-state index in [0.717, 1.165) is 37.3 Å². The number of carbonyl (C=O) groups is 1. The molecule has 5 nitrogen and oxygen atoms in total. The monoisotopic (exact) mass is 286 g/mol. The number of likely N-dealkylation sites (tertiary alicyclic amines) is 1. The zero-order valence-electron chi connectivity index (χ0n) is 12.6. The minimum absolute atomic E-state index is 0.0794. The highest BCUT2D eigenvalue weighted by molar-refractivity contribution is 6.04. The molecule has 3 N–H and O–H groups in total. The highest BCUT2D eigenvalue weighted by Crippen LogP contribution is 2.38. The minimum Gasteiger partial charge on any atom is -0.366 e. The van der Waals surface area contributed by atoms with Gasteiger partial charge in [0, 0.05) is 0 Å². The number of fused-ring (bicyclic) bond motifs is 1. The molecular weight excluding hydrogens is 264 g/mol. The number of benzene rings is 1. The standard InChI is InChI=1S/C16H22N4O/c1-3-9-20-10-5-8-16(20,2)15-18-12-7-4-6-11(14(17)21)13(12)19-15/h4,6-7H,3,5,8-10H2,1-2H3,(H2,17,21)(H,18,19). The summed E-state index contributed by atoms with van der Waals surface area (Å²) >= 11 is 0. The van der Waals surface area contributed by atoms with Gasteiger partial charge in [-0.2, -0.15) is 0 Å². The van der Waals surface area contributed by atoms with Crippen molar-refractivity contribution >= 4 is 16.9 Å². The first-order valence-electron chi connectivity index (χ1n) is 7.60. The summed E-state index contributed by atoms with van der Waals surface area (Å²) in [6.45, 7) is 6.60. The molecule has 1 fully saturated rings. The maximum absolute atomic E-state index is 11.6. The van der Waals surface area contributed by atoms with Gasteiger partial charge in [0.25, 0.3) is 5.91 Å². The van der Waals surface area contributed by atoms with E-state index in [1.54, 1.807) is 6.07 Å². The fourth-order valence-corrected chi connectivity index (χ4v) is 3.40. The topological polar surface area (TPSA) is 75.0 Å². The van der Waals surface area contributed by atoms with Gasteiger partial charge in [-0.1, -0.05) is 13.0 Å². The molecule has 21 heavy (non-hydrogen) atoms. The number of amides is 1. The van der Waals surface area contributed by atoms with Gasteiger partial charge in [-0.3, -0.25) is 9.69 Å². The number of nitrogens with zero attached hydrogens (tertiary/aromatic N) is 2. The molecule has 0 aliphatic carbocycles. The van der Waals surface area contributed by atoms with E-state index in [1.807, 2.05) is 12.1 Å². The number of nitrogens with two attached hydrogens (primary N) is 1. The van der Waals surface area contributed by atoms with E-state index in [4.69, 9.17) is 10.7 Å². The van der Waals surface area contributed by atoms with Crippen LogP contribution in [0.5, 0.6) is 0 Å². The molecule has 0 bridgehead atoms. The van der Waals surface area contributed by atoms with E-state index in [-0.39, 0.29) is 5.54 Å². The van der Waals surface area contributed by atoms with Crippen LogP contribution in [0, 0.1) is 0 Å². The van der Waals surface area contributed by atoms with Gasteiger partial charge in [-0.05, 0) is 51.4 Å². The Kier molecular flexibility index (Phi) is 3.45. The molecule has 0 saturated carbocycles. The Morgan fingerprint density at radius 1 is 1.52 bits per heavy atom. The second-order valence-corrected chi connectivity index (χ2v) is 6.02. The number of imidazole rings is 1. The summed E-state index contributed by atoms with van der Waals surface area (Å²) in [6.07, 6.45) is 3.39. The highest BCUT2D eigenvalue weighted by atomic mass is 16.1. The van der Waals surface area contributed by atoms with E-state index in [2.05, 4.69) is 23.7 Å². The number of aromatic amines is 1. The Bertz CT molecular complexity index is 678. The van der Waals surface area contributed by atoms with E-state index in [0.29, 0.717) is 11.1 Å². The molecule has 2 heterocycles. The lowest BCUT2D eigenvalue weighted by Crippen LogP contribution is -2.39. The van der Waals surface area contributed by atoms with Crippen molar-refractivity contribution in [2.45, 2.75) is 38.6 Å². The number of para-hydroxylation sites is 1. The van der Waals surface area contributed by atoms with E-state index in [1.165, 1.54) is 6.42 Å². The van der Waals surface area contributed by atoms with Crippen LogP contribution in [-0.4, -0.2) is 33.9 Å². The Labute approximate surface area is 124 Å². The summed E-state index contributed by atoms with van der Waals surface area (Å²) in [5.74, 6) is 0.512. The molecule has 112 valence electrons. The van der Waals surface area contributed by atoms with Gasteiger partial charge in [0.1, 0.15) is 11.3 Å². The lowest BCUT2D eigenvalue weighted by atomic mass is 9.98. The zero-order chi connectivity index (χ0) is 15.0. The number of hydrogen-bond acceptors (Lipinski definition) is 3. The van der Waals surface area contributed by atoms with Gasteiger partial charge in [-0.25, -0.2) is 4.98 Å². The molecule has 2 aromatic rings. The molecule has 1 aromatic heterocycles. The van der Waals surface area contributed by atoms with Crippen LogP contribution in [0.25, 0.3) is 11.0 Å². The lowest BCUT2D eigenvalue weighted by Gasteiger charge is -2.33. The lowest BCUT2D eigenvalue weighted by molar-refractivity contribution is 0.100. The predicted molar refractivity (Wildman–Crippen MR) is 83.1 cm³/mol. The zero-order valence-corrected chi connectivity index (χ0v) is 12.6. The van der Waals surface area contributed by atoms with Crippen molar-refractivity contribution in [3.63, 3.8) is 0 Å². The third-order valence-corrected chi connectivity index (χ3v) is 4.57. The maximum atomic E-state index is 11.6. The third-order valence-electron chi connectivity index (χ3n) is 4.57. The SMILES string of the molecule is CCCN1CCCC1(C)c1nc2c(C(N)=O)cccc2[nH]1. The fourth-order valence-electron chi connectivity index (χ4n) is 3.40. The van der Waals surface area contributed by atoms with Crippen LogP contribution < -0.4 is 5.73 Å². The van der Waals surface area contributed by atoms with Crippen LogP contribution in [0.2, 0.25) is 0 Å². The van der Waals surface area contributed by atoms with Gasteiger partial charge < -0.3 is 10.7 Å². The molecule has 1 atom stereocenters. The fraction of sp³-hybridized carbons (Fsp3) is 0.500. The molecule has 5 heteroatoms. The van der Waals surface area contributed by atoms with Crippen molar-refractivity contribution in [2.75, 3.05) is 13.1 Å². The summed E-state index contributed by atoms with van der Waals surface area (Å²) in [5, 5.41) is 0. The Hall–Kier alpha value is -1.88.